The van der Waals surface area contributed by atoms with Crippen molar-refractivity contribution in [3.05, 3.63) is 78.5 Å². The van der Waals surface area contributed by atoms with Crippen LogP contribution in [0.2, 0.25) is 0 Å². The average molecular weight is 616 g/mol. The number of fused-ring (bicyclic) bond motifs is 1. The average Bonchev–Trinajstić information content (AvgIpc) is 3.79. The zero-order chi connectivity index (χ0) is 30.6. The van der Waals surface area contributed by atoms with Gasteiger partial charge in [0.2, 0.25) is 11.8 Å². The minimum absolute atomic E-state index is 0. The summed E-state index contributed by atoms with van der Waals surface area (Å²) in [5.74, 6) is -2.52. The molecule has 224 valence electrons. The van der Waals surface area contributed by atoms with Crippen molar-refractivity contribution >= 4 is 69.6 Å². The minimum atomic E-state index is -1.30. The van der Waals surface area contributed by atoms with Gasteiger partial charge in [0, 0.05) is 35.1 Å². The molecule has 0 spiro atoms. The molecule has 0 unspecified atom stereocenters. The van der Waals surface area contributed by atoms with E-state index in [2.05, 4.69) is 15.6 Å². The number of carbonyl (C=O) groups is 3. The van der Waals surface area contributed by atoms with Crippen molar-refractivity contribution in [2.75, 3.05) is 23.8 Å². The number of halogens is 2. The van der Waals surface area contributed by atoms with E-state index in [1.165, 1.54) is 42.6 Å². The van der Waals surface area contributed by atoms with Crippen LogP contribution in [0.15, 0.2) is 66.9 Å². The first-order valence-electron chi connectivity index (χ1n) is 13.4. The van der Waals surface area contributed by atoms with Crippen molar-refractivity contribution in [2.24, 2.45) is 5.41 Å². The number of rotatable bonds is 12. The molecule has 3 N–H and O–H groups in total. The number of nitrogens with zero attached hydrogens (tertiary/aromatic N) is 1. The van der Waals surface area contributed by atoms with Crippen LogP contribution in [0.3, 0.4) is 0 Å². The number of hydrogen-bond acceptors (Lipinski definition) is 7. The van der Waals surface area contributed by atoms with Gasteiger partial charge in [-0.1, -0.05) is 0 Å². The Hall–Kier alpha value is -4.26. The molecule has 10 nitrogen and oxygen atoms in total. The van der Waals surface area contributed by atoms with Crippen molar-refractivity contribution in [1.29, 1.82) is 0 Å². The van der Waals surface area contributed by atoms with Gasteiger partial charge < -0.3 is 30.0 Å². The van der Waals surface area contributed by atoms with E-state index in [4.69, 9.17) is 19.3 Å². The summed E-state index contributed by atoms with van der Waals surface area (Å²) in [6.07, 6.45) is 1.92. The fraction of sp³-hybridized carbons (Fsp3) is 0.226. The van der Waals surface area contributed by atoms with E-state index in [1.807, 2.05) is 0 Å². The molecule has 44 heavy (non-hydrogen) atoms. The molecule has 1 aliphatic carbocycles. The van der Waals surface area contributed by atoms with E-state index in [0.29, 0.717) is 47.5 Å². The van der Waals surface area contributed by atoms with Gasteiger partial charge in [-0.15, -0.1) is 0 Å². The topological polar surface area (TPSA) is 136 Å². The number of carboxylic acid groups (broad SMARTS) is 1. The summed E-state index contributed by atoms with van der Waals surface area (Å²) in [6.45, 7) is 2.03. The number of ether oxygens (including phenoxy) is 3. The van der Waals surface area contributed by atoms with Crippen molar-refractivity contribution in [3.63, 3.8) is 0 Å². The summed E-state index contributed by atoms with van der Waals surface area (Å²) in [4.78, 5) is 41.0. The normalized spacial score (nSPS) is 12.9. The van der Waals surface area contributed by atoms with Crippen LogP contribution in [-0.4, -0.2) is 70.6 Å². The van der Waals surface area contributed by atoms with Gasteiger partial charge in [0.25, 0.3) is 0 Å². The van der Waals surface area contributed by atoms with E-state index >= 15 is 4.39 Å². The molecule has 0 saturated heterocycles. The van der Waals surface area contributed by atoms with Crippen LogP contribution in [0, 0.1) is 17.0 Å². The Labute approximate surface area is 273 Å². The van der Waals surface area contributed by atoms with E-state index in [-0.39, 0.29) is 59.8 Å². The third kappa shape index (κ3) is 7.44. The van der Waals surface area contributed by atoms with Gasteiger partial charge in [-0.3, -0.25) is 19.4 Å². The SMILES string of the molecule is CCOc1cc2c(Oc3ccc(NC(=O)C4(C(=O)Nc5ccc(F)cc5)CC4)cc3F)ccnc2cc1OCCC(=O)O.[NaH]. The van der Waals surface area contributed by atoms with E-state index in [1.54, 1.807) is 25.1 Å². The standard InChI is InChI=1S/C31H27F2N3O7.Na.H/c1-2-41-26-16-21-23(17-27(26)42-14-10-28(37)38)34-13-9-24(21)43-25-8-7-20(15-22(25)33)36-30(40)31(11-12-31)29(39)35-19-5-3-18(32)4-6-19;;/h3-9,13,15-17H,2,10-12,14H2,1H3,(H,35,39)(H,36,40)(H,37,38);;. The zero-order valence-corrected chi connectivity index (χ0v) is 23.0. The maximum absolute atomic E-state index is 15.2. The molecule has 5 rings (SSSR count). The van der Waals surface area contributed by atoms with Gasteiger partial charge in [0.1, 0.15) is 17.0 Å². The number of pyridine rings is 1. The number of nitrogens with one attached hydrogen (secondary N) is 2. The molecule has 0 atom stereocenters. The zero-order valence-electron chi connectivity index (χ0n) is 23.0. The van der Waals surface area contributed by atoms with Crippen LogP contribution >= 0.6 is 0 Å². The third-order valence-corrected chi connectivity index (χ3v) is 6.77. The summed E-state index contributed by atoms with van der Waals surface area (Å²) in [7, 11) is 0. The van der Waals surface area contributed by atoms with Crippen LogP contribution in [0.5, 0.6) is 23.0 Å². The number of carboxylic acids is 1. The second kappa shape index (κ2) is 14.0. The number of benzene rings is 3. The molecule has 0 radical (unpaired) electrons. The molecule has 0 aliphatic heterocycles. The molecule has 1 fully saturated rings. The van der Waals surface area contributed by atoms with Gasteiger partial charge in [-0.2, -0.15) is 0 Å². The van der Waals surface area contributed by atoms with Crippen molar-refractivity contribution in [2.45, 2.75) is 26.2 Å². The quantitative estimate of drug-likeness (QED) is 0.145. The summed E-state index contributed by atoms with van der Waals surface area (Å²) >= 11 is 0. The number of hydrogen-bond donors (Lipinski definition) is 3. The molecule has 1 aromatic heterocycles. The molecule has 4 aromatic rings. The van der Waals surface area contributed by atoms with Crippen LogP contribution < -0.4 is 24.8 Å². The Morgan fingerprint density at radius 1 is 0.864 bits per heavy atom. The first-order chi connectivity index (χ1) is 20.7. The first kappa shape index (κ1) is 32.6. The second-order valence-electron chi connectivity index (χ2n) is 9.79. The van der Waals surface area contributed by atoms with Crippen molar-refractivity contribution in [3.8, 4) is 23.0 Å². The molecular formula is C31H28F2N3NaO7. The Kier molecular flexibility index (Phi) is 10.4. The van der Waals surface area contributed by atoms with Gasteiger partial charge in [0.05, 0.1) is 25.2 Å². The Morgan fingerprint density at radius 3 is 2.16 bits per heavy atom. The molecule has 13 heteroatoms. The number of aromatic nitrogens is 1. The third-order valence-electron chi connectivity index (χ3n) is 6.77. The van der Waals surface area contributed by atoms with E-state index < -0.39 is 34.8 Å². The van der Waals surface area contributed by atoms with Crippen molar-refractivity contribution in [1.82, 2.24) is 4.98 Å². The Bertz CT molecular complexity index is 1700. The summed E-state index contributed by atoms with van der Waals surface area (Å²) in [6, 6.07) is 13.8. The Balaban J connectivity index is 0.00000442. The van der Waals surface area contributed by atoms with Crippen LogP contribution in [0.4, 0.5) is 20.2 Å². The van der Waals surface area contributed by atoms with Gasteiger partial charge in [0.15, 0.2) is 23.1 Å². The molecule has 1 aliphatic rings. The summed E-state index contributed by atoms with van der Waals surface area (Å²) in [5.41, 5.74) is -0.358. The fourth-order valence-electron chi connectivity index (χ4n) is 4.34. The fourth-order valence-corrected chi connectivity index (χ4v) is 4.34. The molecule has 2 amide bonds. The number of carbonyl (C=O) groups excluding carboxylic acids is 2. The monoisotopic (exact) mass is 615 g/mol. The van der Waals surface area contributed by atoms with Gasteiger partial charge >= 0.3 is 35.5 Å². The molecule has 1 heterocycles. The summed E-state index contributed by atoms with van der Waals surface area (Å²) < 4.78 is 45.4. The number of aliphatic carboxylic acids is 1. The Morgan fingerprint density at radius 2 is 1.52 bits per heavy atom. The molecule has 1 saturated carbocycles. The van der Waals surface area contributed by atoms with Gasteiger partial charge in [-0.25, -0.2) is 8.78 Å². The van der Waals surface area contributed by atoms with Crippen LogP contribution in [0.25, 0.3) is 10.9 Å². The maximum atomic E-state index is 15.2. The van der Waals surface area contributed by atoms with E-state index in [9.17, 15) is 18.8 Å². The molecular weight excluding hydrogens is 587 g/mol. The van der Waals surface area contributed by atoms with Crippen molar-refractivity contribution < 1.29 is 42.5 Å². The van der Waals surface area contributed by atoms with Crippen LogP contribution in [0.1, 0.15) is 26.2 Å². The van der Waals surface area contributed by atoms with Gasteiger partial charge in [-0.05, 0) is 68.3 Å². The molecule has 0 bridgehead atoms. The molecule has 3 aromatic carbocycles. The predicted molar refractivity (Wildman–Crippen MR) is 160 cm³/mol. The first-order valence-corrected chi connectivity index (χ1v) is 13.4. The van der Waals surface area contributed by atoms with Crippen LogP contribution in [-0.2, 0) is 14.4 Å². The summed E-state index contributed by atoms with van der Waals surface area (Å²) in [5, 5.41) is 14.6. The van der Waals surface area contributed by atoms with E-state index in [0.717, 1.165) is 6.07 Å². The number of amides is 2. The predicted octanol–water partition coefficient (Wildman–Crippen LogP) is 5.27. The number of anilines is 2. The second-order valence-corrected chi connectivity index (χ2v) is 9.79.